The largest absolute Gasteiger partial charge is 0.383 e. The Hall–Kier alpha value is -0.830. The van der Waals surface area contributed by atoms with E-state index >= 15 is 0 Å². The molecule has 0 spiro atoms. The number of nitrogens with zero attached hydrogens (tertiary/aromatic N) is 2. The summed E-state index contributed by atoms with van der Waals surface area (Å²) >= 11 is 5.21. The summed E-state index contributed by atoms with van der Waals surface area (Å²) in [5.41, 5.74) is 5.22. The van der Waals surface area contributed by atoms with Crippen LogP contribution in [0.3, 0.4) is 0 Å². The maximum absolute atomic E-state index is 12.3. The van der Waals surface area contributed by atoms with Gasteiger partial charge in [0.15, 0.2) is 0 Å². The SMILES string of the molecule is Cc1cn([C@H]2C[C@@H](OP(O)(=S)OC(C)(C)C)[C@@H](CC(C)(C)C)O2)c(=O)nc1N. The molecule has 3 N–H and O–H groups in total. The topological polar surface area (TPSA) is 109 Å². The van der Waals surface area contributed by atoms with E-state index in [0.717, 1.165) is 0 Å². The van der Waals surface area contributed by atoms with Gasteiger partial charge in [-0.1, -0.05) is 20.8 Å². The molecule has 4 atom stereocenters. The van der Waals surface area contributed by atoms with Gasteiger partial charge in [0.1, 0.15) is 12.0 Å². The minimum absolute atomic E-state index is 0.0513. The predicted molar refractivity (Wildman–Crippen MR) is 112 cm³/mol. The molecular weight excluding hydrogens is 401 g/mol. The average molecular weight is 434 g/mol. The molecule has 0 radical (unpaired) electrons. The van der Waals surface area contributed by atoms with Crippen molar-refractivity contribution >= 4 is 24.3 Å². The van der Waals surface area contributed by atoms with Gasteiger partial charge >= 0.3 is 12.4 Å². The van der Waals surface area contributed by atoms with Crippen LogP contribution >= 0.6 is 6.72 Å². The maximum atomic E-state index is 12.3. The molecule has 10 heteroatoms. The van der Waals surface area contributed by atoms with E-state index in [1.807, 2.05) is 0 Å². The van der Waals surface area contributed by atoms with Crippen LogP contribution in [0.5, 0.6) is 0 Å². The van der Waals surface area contributed by atoms with Gasteiger partial charge < -0.3 is 24.4 Å². The van der Waals surface area contributed by atoms with Crippen LogP contribution in [-0.2, 0) is 25.6 Å². The lowest BCUT2D eigenvalue weighted by atomic mass is 9.87. The molecule has 0 saturated carbocycles. The smallest absolute Gasteiger partial charge is 0.351 e. The third kappa shape index (κ3) is 6.61. The highest BCUT2D eigenvalue weighted by Gasteiger charge is 2.42. The van der Waals surface area contributed by atoms with E-state index in [1.54, 1.807) is 33.9 Å². The molecule has 0 aliphatic carbocycles. The predicted octanol–water partition coefficient (Wildman–Crippen LogP) is 3.27. The molecule has 2 rings (SSSR count). The lowest BCUT2D eigenvalue weighted by Crippen LogP contribution is -2.30. The number of aryl methyl sites for hydroxylation is 1. The van der Waals surface area contributed by atoms with Crippen molar-refractivity contribution in [1.29, 1.82) is 0 Å². The standard InChI is InChI=1S/C18H32N3O5PS/c1-11-10-21(16(22)20-15(11)19)14-8-12(13(24-14)9-17(2,3)4)25-27(23,28)26-18(5,6)7/h10,12-14H,8-9H2,1-7H3,(H,23,28)(H2,19,20,22)/t12-,13-,14-,27?/m1/s1. The van der Waals surface area contributed by atoms with Crippen molar-refractivity contribution in [1.82, 2.24) is 9.55 Å². The van der Waals surface area contributed by atoms with E-state index in [9.17, 15) is 9.69 Å². The van der Waals surface area contributed by atoms with E-state index in [2.05, 4.69) is 25.8 Å². The summed E-state index contributed by atoms with van der Waals surface area (Å²) in [6, 6.07) is 0. The van der Waals surface area contributed by atoms with Gasteiger partial charge in [0.25, 0.3) is 0 Å². The maximum Gasteiger partial charge on any atom is 0.351 e. The first-order valence-electron chi connectivity index (χ1n) is 9.29. The second kappa shape index (κ2) is 8.13. The molecule has 8 nitrogen and oxygen atoms in total. The number of hydrogen-bond donors (Lipinski definition) is 2. The molecule has 1 aliphatic rings. The number of aromatic nitrogens is 2. The van der Waals surface area contributed by atoms with Crippen LogP contribution in [0.25, 0.3) is 0 Å². The number of ether oxygens (including phenoxy) is 1. The molecule has 1 unspecified atom stereocenters. The first-order valence-corrected chi connectivity index (χ1v) is 11.9. The van der Waals surface area contributed by atoms with Crippen molar-refractivity contribution in [2.45, 2.75) is 85.3 Å². The normalized spacial score (nSPS) is 25.6. The summed E-state index contributed by atoms with van der Waals surface area (Å²) in [6.07, 6.45) is 1.20. The van der Waals surface area contributed by atoms with Crippen molar-refractivity contribution in [3.63, 3.8) is 0 Å². The van der Waals surface area contributed by atoms with Crippen molar-refractivity contribution in [3.05, 3.63) is 22.2 Å². The van der Waals surface area contributed by atoms with Crippen molar-refractivity contribution in [2.75, 3.05) is 5.73 Å². The molecule has 1 fully saturated rings. The van der Waals surface area contributed by atoms with Crippen LogP contribution in [-0.4, -0.2) is 32.3 Å². The average Bonchev–Trinajstić information content (AvgIpc) is 2.79. The van der Waals surface area contributed by atoms with Crippen LogP contribution in [0.15, 0.2) is 11.0 Å². The summed E-state index contributed by atoms with van der Waals surface area (Å²) in [4.78, 5) is 26.7. The quantitative estimate of drug-likeness (QED) is 0.681. The Morgan fingerprint density at radius 3 is 2.54 bits per heavy atom. The van der Waals surface area contributed by atoms with Gasteiger partial charge in [0.05, 0.1) is 17.8 Å². The summed E-state index contributed by atoms with van der Waals surface area (Å²) < 4.78 is 19.0. The van der Waals surface area contributed by atoms with Gasteiger partial charge in [-0.15, -0.1) is 0 Å². The zero-order chi connectivity index (χ0) is 21.5. The third-order valence-corrected chi connectivity index (χ3v) is 5.93. The van der Waals surface area contributed by atoms with Gasteiger partial charge in [-0.05, 0) is 51.3 Å². The Kier molecular flexibility index (Phi) is 6.81. The molecule has 160 valence electrons. The summed E-state index contributed by atoms with van der Waals surface area (Å²) in [7, 11) is 0. The highest BCUT2D eigenvalue weighted by molar-refractivity contribution is 8.07. The van der Waals surface area contributed by atoms with Crippen molar-refractivity contribution in [3.8, 4) is 0 Å². The number of anilines is 1. The van der Waals surface area contributed by atoms with Crippen LogP contribution < -0.4 is 11.4 Å². The fourth-order valence-corrected chi connectivity index (χ4v) is 5.39. The fourth-order valence-electron chi connectivity index (χ4n) is 3.09. The zero-order valence-corrected chi connectivity index (χ0v) is 19.3. The molecule has 28 heavy (non-hydrogen) atoms. The fraction of sp³-hybridized carbons (Fsp3) is 0.778. The van der Waals surface area contributed by atoms with E-state index < -0.39 is 30.3 Å². The van der Waals surface area contributed by atoms with Gasteiger partial charge in [-0.2, -0.15) is 4.98 Å². The number of hydrogen-bond acceptors (Lipinski definition) is 7. The lowest BCUT2D eigenvalue weighted by molar-refractivity contribution is -0.0388. The Balaban J connectivity index is 2.29. The highest BCUT2D eigenvalue weighted by Crippen LogP contribution is 2.52. The second-order valence-electron chi connectivity index (χ2n) is 9.44. The highest BCUT2D eigenvalue weighted by atomic mass is 32.5. The molecule has 2 heterocycles. The van der Waals surface area contributed by atoms with Crippen molar-refractivity contribution < 1.29 is 18.7 Å². The molecule has 0 amide bonds. The minimum atomic E-state index is -3.48. The lowest BCUT2D eigenvalue weighted by Gasteiger charge is -2.31. The first-order chi connectivity index (χ1) is 12.6. The molecule has 0 aromatic carbocycles. The van der Waals surface area contributed by atoms with Gasteiger partial charge in [0, 0.05) is 18.2 Å². The van der Waals surface area contributed by atoms with Crippen LogP contribution in [0.1, 0.15) is 66.2 Å². The zero-order valence-electron chi connectivity index (χ0n) is 17.6. The molecule has 1 aliphatic heterocycles. The summed E-state index contributed by atoms with van der Waals surface area (Å²) in [5.74, 6) is 0.197. The molecule has 1 saturated heterocycles. The molecule has 0 bridgehead atoms. The molecule has 1 aromatic heterocycles. The molecule has 1 aromatic rings. The number of nitrogens with two attached hydrogens (primary N) is 1. The number of rotatable bonds is 5. The van der Waals surface area contributed by atoms with E-state index in [4.69, 9.17) is 31.3 Å². The number of nitrogen functional groups attached to an aromatic ring is 1. The Morgan fingerprint density at radius 2 is 2.00 bits per heavy atom. The van der Waals surface area contributed by atoms with Crippen molar-refractivity contribution in [2.24, 2.45) is 5.41 Å². The van der Waals surface area contributed by atoms with E-state index in [0.29, 0.717) is 18.4 Å². The Bertz CT molecular complexity index is 815. The minimum Gasteiger partial charge on any atom is -0.383 e. The third-order valence-electron chi connectivity index (χ3n) is 4.14. The Morgan fingerprint density at radius 1 is 1.39 bits per heavy atom. The second-order valence-corrected chi connectivity index (χ2v) is 12.2. The van der Waals surface area contributed by atoms with E-state index in [1.165, 1.54) is 4.57 Å². The van der Waals surface area contributed by atoms with Gasteiger partial charge in [0.2, 0.25) is 0 Å². The summed E-state index contributed by atoms with van der Waals surface area (Å²) in [5, 5.41) is 0. The van der Waals surface area contributed by atoms with E-state index in [-0.39, 0.29) is 17.3 Å². The van der Waals surface area contributed by atoms with Crippen LogP contribution in [0, 0.1) is 12.3 Å². The van der Waals surface area contributed by atoms with Crippen LogP contribution in [0.2, 0.25) is 0 Å². The van der Waals surface area contributed by atoms with Crippen LogP contribution in [0.4, 0.5) is 5.82 Å². The van der Waals surface area contributed by atoms with Gasteiger partial charge in [-0.25, -0.2) is 4.79 Å². The molecular formula is C18H32N3O5PS. The Labute approximate surface area is 171 Å². The summed E-state index contributed by atoms with van der Waals surface area (Å²) in [6.45, 7) is 9.96. The monoisotopic (exact) mass is 433 g/mol. The van der Waals surface area contributed by atoms with Gasteiger partial charge in [-0.3, -0.25) is 4.57 Å². The first kappa shape index (κ1) is 23.4.